The van der Waals surface area contributed by atoms with Gasteiger partial charge in [0.15, 0.2) is 6.10 Å². The Bertz CT molecular complexity index is 596. The maximum Gasteiger partial charge on any atom is 0.416 e. The lowest BCUT2D eigenvalue weighted by Gasteiger charge is -2.14. The van der Waals surface area contributed by atoms with Crippen LogP contribution in [-0.4, -0.2) is 40.8 Å². The second kappa shape index (κ2) is 6.69. The molecule has 0 aliphatic carbocycles. The van der Waals surface area contributed by atoms with Gasteiger partial charge in [-0.1, -0.05) is 12.1 Å². The van der Waals surface area contributed by atoms with Crippen molar-refractivity contribution >= 4 is 5.82 Å². The number of halogens is 3. The molecule has 2 rings (SSSR count). The van der Waals surface area contributed by atoms with Gasteiger partial charge >= 0.3 is 6.18 Å². The number of hydrogen-bond acceptors (Lipinski definition) is 4. The summed E-state index contributed by atoms with van der Waals surface area (Å²) in [4.78, 5) is 0. The molecule has 0 saturated heterocycles. The molecule has 1 aromatic carbocycles. The van der Waals surface area contributed by atoms with Crippen molar-refractivity contribution in [2.75, 3.05) is 19.0 Å². The molecule has 5 nitrogen and oxygen atoms in total. The van der Waals surface area contributed by atoms with Crippen molar-refractivity contribution in [2.24, 2.45) is 0 Å². The van der Waals surface area contributed by atoms with Gasteiger partial charge in [0, 0.05) is 12.3 Å². The quantitative estimate of drug-likeness (QED) is 0.858. The summed E-state index contributed by atoms with van der Waals surface area (Å²) in [6.45, 7) is -0.156. The smallest absolute Gasteiger partial charge is 0.416 e. The van der Waals surface area contributed by atoms with Crippen LogP contribution in [0.5, 0.6) is 5.75 Å². The molecular formula is C14H16F3N3O2. The molecular weight excluding hydrogens is 299 g/mol. The van der Waals surface area contributed by atoms with Crippen LogP contribution in [0.1, 0.15) is 5.56 Å². The van der Waals surface area contributed by atoms with Crippen LogP contribution in [0.4, 0.5) is 19.0 Å². The van der Waals surface area contributed by atoms with E-state index in [0.29, 0.717) is 6.54 Å². The molecule has 2 N–H and O–H groups in total. The van der Waals surface area contributed by atoms with Crippen molar-refractivity contribution in [3.05, 3.63) is 42.1 Å². The number of aliphatic hydroxyl groups excluding tert-OH is 1. The van der Waals surface area contributed by atoms with Gasteiger partial charge in [0.2, 0.25) is 0 Å². The van der Waals surface area contributed by atoms with Crippen molar-refractivity contribution in [1.29, 1.82) is 0 Å². The summed E-state index contributed by atoms with van der Waals surface area (Å²) >= 11 is 0. The molecule has 120 valence electrons. The number of nitrogens with zero attached hydrogens (tertiary/aromatic N) is 2. The molecule has 1 aromatic heterocycles. The number of aliphatic hydroxyl groups is 1. The zero-order valence-corrected chi connectivity index (χ0v) is 11.8. The molecule has 1 heterocycles. The summed E-state index contributed by atoms with van der Waals surface area (Å²) in [6.07, 6.45) is -5.41. The van der Waals surface area contributed by atoms with Crippen molar-refractivity contribution in [2.45, 2.75) is 18.8 Å². The largest absolute Gasteiger partial charge is 0.497 e. The van der Waals surface area contributed by atoms with Crippen LogP contribution >= 0.6 is 0 Å². The van der Waals surface area contributed by atoms with Crippen LogP contribution in [0.2, 0.25) is 0 Å². The van der Waals surface area contributed by atoms with E-state index in [0.717, 1.165) is 11.3 Å². The van der Waals surface area contributed by atoms with Crippen molar-refractivity contribution in [3.63, 3.8) is 0 Å². The summed E-state index contributed by atoms with van der Waals surface area (Å²) in [5.41, 5.74) is 0.978. The van der Waals surface area contributed by atoms with Gasteiger partial charge in [0.05, 0.1) is 20.2 Å². The van der Waals surface area contributed by atoms with Crippen LogP contribution in [0.25, 0.3) is 0 Å². The van der Waals surface area contributed by atoms with Crippen LogP contribution in [0, 0.1) is 0 Å². The standard InChI is InChI=1S/C14H16F3N3O2/c1-22-11-4-2-10(3-5-11)9-20-7-6-13(19-20)18-8-12(21)14(15,16)17/h2-7,12,21H,8-9H2,1H3,(H,18,19)/t12-/m1/s1. The SMILES string of the molecule is COc1ccc(Cn2ccc(NC[C@@H](O)C(F)(F)F)n2)cc1. The number of hydrogen-bond donors (Lipinski definition) is 2. The molecule has 0 unspecified atom stereocenters. The zero-order chi connectivity index (χ0) is 16.2. The monoisotopic (exact) mass is 315 g/mol. The van der Waals surface area contributed by atoms with E-state index in [1.165, 1.54) is 0 Å². The first-order chi connectivity index (χ1) is 10.4. The lowest BCUT2D eigenvalue weighted by molar-refractivity contribution is -0.198. The molecule has 0 aliphatic rings. The van der Waals surface area contributed by atoms with Gasteiger partial charge in [-0.15, -0.1) is 0 Å². The Morgan fingerprint density at radius 3 is 2.55 bits per heavy atom. The fourth-order valence-corrected chi connectivity index (χ4v) is 1.78. The number of aromatic nitrogens is 2. The average molecular weight is 315 g/mol. The van der Waals surface area contributed by atoms with E-state index in [-0.39, 0.29) is 5.82 Å². The fourth-order valence-electron chi connectivity index (χ4n) is 1.78. The van der Waals surface area contributed by atoms with Gasteiger partial charge in [-0.05, 0) is 17.7 Å². The Hall–Kier alpha value is -2.22. The summed E-state index contributed by atoms with van der Waals surface area (Å²) in [5, 5.41) is 15.5. The Morgan fingerprint density at radius 2 is 1.95 bits per heavy atom. The predicted octanol–water partition coefficient (Wildman–Crippen LogP) is 2.28. The van der Waals surface area contributed by atoms with E-state index in [2.05, 4.69) is 10.4 Å². The third-order valence-electron chi connectivity index (χ3n) is 3.00. The number of benzene rings is 1. The first-order valence-corrected chi connectivity index (χ1v) is 6.53. The first-order valence-electron chi connectivity index (χ1n) is 6.53. The Balaban J connectivity index is 1.90. The maximum absolute atomic E-state index is 12.2. The lowest BCUT2D eigenvalue weighted by Crippen LogP contribution is -2.35. The number of ether oxygens (including phenoxy) is 1. The number of nitrogens with one attached hydrogen (secondary N) is 1. The number of methoxy groups -OCH3 is 1. The zero-order valence-electron chi connectivity index (χ0n) is 11.8. The summed E-state index contributed by atoms with van der Waals surface area (Å²) in [7, 11) is 1.58. The molecule has 0 aliphatic heterocycles. The lowest BCUT2D eigenvalue weighted by atomic mass is 10.2. The van der Waals surface area contributed by atoms with E-state index in [1.807, 2.05) is 24.3 Å². The molecule has 22 heavy (non-hydrogen) atoms. The van der Waals surface area contributed by atoms with Gasteiger partial charge in [-0.25, -0.2) is 0 Å². The fraction of sp³-hybridized carbons (Fsp3) is 0.357. The van der Waals surface area contributed by atoms with Gasteiger partial charge in [0.1, 0.15) is 11.6 Å². The minimum absolute atomic E-state index is 0.275. The molecule has 0 saturated carbocycles. The van der Waals surface area contributed by atoms with Crippen molar-refractivity contribution in [3.8, 4) is 5.75 Å². The van der Waals surface area contributed by atoms with Crippen molar-refractivity contribution < 1.29 is 23.0 Å². The van der Waals surface area contributed by atoms with E-state index in [4.69, 9.17) is 9.84 Å². The summed E-state index contributed by atoms with van der Waals surface area (Å²) < 4.78 is 43.2. The Kier molecular flexibility index (Phi) is 4.92. The highest BCUT2D eigenvalue weighted by atomic mass is 19.4. The number of alkyl halides is 3. The molecule has 8 heteroatoms. The van der Waals surface area contributed by atoms with Crippen LogP contribution in [0.3, 0.4) is 0 Å². The minimum atomic E-state index is -4.64. The predicted molar refractivity (Wildman–Crippen MR) is 74.9 cm³/mol. The van der Waals surface area contributed by atoms with Crippen LogP contribution in [-0.2, 0) is 6.54 Å². The third-order valence-corrected chi connectivity index (χ3v) is 3.00. The molecule has 0 radical (unpaired) electrons. The molecule has 0 bridgehead atoms. The minimum Gasteiger partial charge on any atom is -0.497 e. The number of anilines is 1. The number of rotatable bonds is 6. The van der Waals surface area contributed by atoms with E-state index < -0.39 is 18.8 Å². The molecule has 1 atom stereocenters. The molecule has 2 aromatic rings. The highest BCUT2D eigenvalue weighted by Gasteiger charge is 2.37. The van der Waals surface area contributed by atoms with Gasteiger partial charge in [-0.3, -0.25) is 4.68 Å². The maximum atomic E-state index is 12.2. The van der Waals surface area contributed by atoms with E-state index in [1.54, 1.807) is 24.1 Å². The first kappa shape index (κ1) is 16.2. The highest BCUT2D eigenvalue weighted by Crippen LogP contribution is 2.20. The van der Waals surface area contributed by atoms with Gasteiger partial charge in [0.25, 0.3) is 0 Å². The molecule has 0 fully saturated rings. The highest BCUT2D eigenvalue weighted by molar-refractivity contribution is 5.33. The average Bonchev–Trinajstić information content (AvgIpc) is 2.92. The van der Waals surface area contributed by atoms with Gasteiger partial charge < -0.3 is 15.2 Å². The third kappa shape index (κ3) is 4.39. The van der Waals surface area contributed by atoms with Crippen molar-refractivity contribution in [1.82, 2.24) is 9.78 Å². The summed E-state index contributed by atoms with van der Waals surface area (Å²) in [6, 6.07) is 8.93. The molecule has 0 spiro atoms. The second-order valence-corrected chi connectivity index (χ2v) is 4.68. The summed E-state index contributed by atoms with van der Waals surface area (Å²) in [5.74, 6) is 1.02. The Labute approximate surface area is 125 Å². The van der Waals surface area contributed by atoms with Crippen LogP contribution in [0.15, 0.2) is 36.5 Å². The molecule has 0 amide bonds. The van der Waals surface area contributed by atoms with Gasteiger partial charge in [-0.2, -0.15) is 18.3 Å². The second-order valence-electron chi connectivity index (χ2n) is 4.68. The normalized spacial score (nSPS) is 13.0. The Morgan fingerprint density at radius 1 is 1.27 bits per heavy atom. The van der Waals surface area contributed by atoms with Crippen LogP contribution < -0.4 is 10.1 Å². The van der Waals surface area contributed by atoms with E-state index in [9.17, 15) is 13.2 Å². The van der Waals surface area contributed by atoms with E-state index >= 15 is 0 Å². The topological polar surface area (TPSA) is 59.3 Å².